The molecule has 0 amide bonds. The summed E-state index contributed by atoms with van der Waals surface area (Å²) in [4.78, 5) is 2.06. The molecule has 0 bridgehead atoms. The summed E-state index contributed by atoms with van der Waals surface area (Å²) in [7, 11) is -1.43. The van der Waals surface area contributed by atoms with Gasteiger partial charge in [0, 0.05) is 37.9 Å². The predicted octanol–water partition coefficient (Wildman–Crippen LogP) is 2.22. The van der Waals surface area contributed by atoms with Gasteiger partial charge in [-0.3, -0.25) is 0 Å². The highest BCUT2D eigenvalue weighted by Gasteiger charge is 2.30. The van der Waals surface area contributed by atoms with Crippen molar-refractivity contribution in [1.29, 1.82) is 0 Å². The number of nitrogens with one attached hydrogen (secondary N) is 1. The minimum atomic E-state index is -3.40. The molecule has 6 heteroatoms. The van der Waals surface area contributed by atoms with Gasteiger partial charge in [0.25, 0.3) is 10.2 Å². The Morgan fingerprint density at radius 1 is 1.32 bits per heavy atom. The van der Waals surface area contributed by atoms with Gasteiger partial charge in [0.05, 0.1) is 0 Å². The van der Waals surface area contributed by atoms with Gasteiger partial charge in [0.1, 0.15) is 0 Å². The third-order valence-electron chi connectivity index (χ3n) is 4.15. The highest BCUT2D eigenvalue weighted by molar-refractivity contribution is 7.87. The Balaban J connectivity index is 1.94. The van der Waals surface area contributed by atoms with Gasteiger partial charge in [0.2, 0.25) is 0 Å². The summed E-state index contributed by atoms with van der Waals surface area (Å²) in [6, 6.07) is 9.92. The second-order valence-corrected chi connectivity index (χ2v) is 7.85. The normalized spacial score (nSPS) is 21.5. The standard InChI is InChI=1S/C16H27N3O2S/c1-14(13-18(3)16-10-5-4-6-11-16)17-22(20,21)19-12-8-7-9-15(19)2/h4-6,10-11,14-15,17H,7-9,12-13H2,1-3H3/t14-,15+/m0/s1. The first-order chi connectivity index (χ1) is 10.4. The van der Waals surface area contributed by atoms with E-state index in [1.807, 2.05) is 51.2 Å². The van der Waals surface area contributed by atoms with Crippen molar-refractivity contribution in [3.8, 4) is 0 Å². The van der Waals surface area contributed by atoms with Crippen LogP contribution in [0.3, 0.4) is 0 Å². The zero-order valence-electron chi connectivity index (χ0n) is 13.7. The third-order valence-corrected chi connectivity index (χ3v) is 6.01. The average molecular weight is 325 g/mol. The molecule has 0 spiro atoms. The van der Waals surface area contributed by atoms with Gasteiger partial charge in [-0.2, -0.15) is 17.4 Å². The fourth-order valence-corrected chi connectivity index (χ4v) is 4.65. The lowest BCUT2D eigenvalue weighted by atomic mass is 10.1. The molecule has 1 heterocycles. The molecular weight excluding hydrogens is 298 g/mol. The lowest BCUT2D eigenvalue weighted by Crippen LogP contribution is -2.51. The number of likely N-dealkylation sites (N-methyl/N-ethyl adjacent to an activating group) is 1. The van der Waals surface area contributed by atoms with Crippen molar-refractivity contribution in [1.82, 2.24) is 9.03 Å². The molecule has 124 valence electrons. The molecule has 2 rings (SSSR count). The molecule has 0 saturated carbocycles. The van der Waals surface area contributed by atoms with Crippen molar-refractivity contribution in [2.24, 2.45) is 0 Å². The van der Waals surface area contributed by atoms with E-state index in [1.165, 1.54) is 0 Å². The van der Waals surface area contributed by atoms with E-state index < -0.39 is 10.2 Å². The molecule has 1 aromatic carbocycles. The van der Waals surface area contributed by atoms with Crippen molar-refractivity contribution >= 4 is 15.9 Å². The summed E-state index contributed by atoms with van der Waals surface area (Å²) < 4.78 is 29.5. The van der Waals surface area contributed by atoms with E-state index in [9.17, 15) is 8.42 Å². The van der Waals surface area contributed by atoms with Crippen LogP contribution in [0.25, 0.3) is 0 Å². The van der Waals surface area contributed by atoms with Gasteiger partial charge < -0.3 is 4.90 Å². The first kappa shape index (κ1) is 17.2. The van der Waals surface area contributed by atoms with Crippen LogP contribution in [0.5, 0.6) is 0 Å². The second-order valence-electron chi connectivity index (χ2n) is 6.20. The number of para-hydroxylation sites is 1. The highest BCUT2D eigenvalue weighted by Crippen LogP contribution is 2.19. The number of nitrogens with zero attached hydrogens (tertiary/aromatic N) is 2. The molecule has 1 aliphatic heterocycles. The zero-order valence-corrected chi connectivity index (χ0v) is 14.5. The average Bonchev–Trinajstić information content (AvgIpc) is 2.47. The Labute approximate surface area is 134 Å². The van der Waals surface area contributed by atoms with Crippen molar-refractivity contribution < 1.29 is 8.42 Å². The van der Waals surface area contributed by atoms with Crippen LogP contribution in [0.2, 0.25) is 0 Å². The van der Waals surface area contributed by atoms with Crippen molar-refractivity contribution in [2.75, 3.05) is 25.0 Å². The maximum atomic E-state index is 12.5. The molecule has 22 heavy (non-hydrogen) atoms. The van der Waals surface area contributed by atoms with Gasteiger partial charge in [0.15, 0.2) is 0 Å². The van der Waals surface area contributed by atoms with Gasteiger partial charge in [-0.15, -0.1) is 0 Å². The first-order valence-electron chi connectivity index (χ1n) is 7.95. The third kappa shape index (κ3) is 4.44. The quantitative estimate of drug-likeness (QED) is 0.872. The monoisotopic (exact) mass is 325 g/mol. The summed E-state index contributed by atoms with van der Waals surface area (Å²) in [5.41, 5.74) is 1.08. The van der Waals surface area contributed by atoms with Crippen LogP contribution >= 0.6 is 0 Å². The van der Waals surface area contributed by atoms with Crippen LogP contribution in [-0.4, -0.2) is 44.9 Å². The largest absolute Gasteiger partial charge is 0.373 e. The second kappa shape index (κ2) is 7.44. The Kier molecular flexibility index (Phi) is 5.83. The van der Waals surface area contributed by atoms with Crippen LogP contribution in [0.15, 0.2) is 30.3 Å². The minimum absolute atomic E-state index is 0.0882. The molecule has 0 unspecified atom stereocenters. The van der Waals surface area contributed by atoms with E-state index in [0.717, 1.165) is 24.9 Å². The number of benzene rings is 1. The van der Waals surface area contributed by atoms with Crippen LogP contribution in [0, 0.1) is 0 Å². The maximum absolute atomic E-state index is 12.5. The Hall–Kier alpha value is -1.11. The zero-order chi connectivity index (χ0) is 16.2. The summed E-state index contributed by atoms with van der Waals surface area (Å²) in [5, 5.41) is 0. The number of hydrogen-bond donors (Lipinski definition) is 1. The number of hydrogen-bond acceptors (Lipinski definition) is 3. The van der Waals surface area contributed by atoms with Gasteiger partial charge >= 0.3 is 0 Å². The van der Waals surface area contributed by atoms with Crippen LogP contribution in [0.1, 0.15) is 33.1 Å². The van der Waals surface area contributed by atoms with Gasteiger partial charge in [-0.25, -0.2) is 0 Å². The van der Waals surface area contributed by atoms with Crippen molar-refractivity contribution in [3.63, 3.8) is 0 Å². The van der Waals surface area contributed by atoms with Gasteiger partial charge in [-0.05, 0) is 38.8 Å². The number of anilines is 1. The lowest BCUT2D eigenvalue weighted by molar-refractivity contribution is 0.264. The summed E-state index contributed by atoms with van der Waals surface area (Å²) >= 11 is 0. The van der Waals surface area contributed by atoms with Crippen LogP contribution < -0.4 is 9.62 Å². The van der Waals surface area contributed by atoms with E-state index in [0.29, 0.717) is 13.1 Å². The Bertz CT molecular complexity index is 562. The molecule has 2 atom stereocenters. The molecule has 1 aliphatic rings. The summed E-state index contributed by atoms with van der Waals surface area (Å²) in [6.07, 6.45) is 3.00. The van der Waals surface area contributed by atoms with E-state index in [1.54, 1.807) is 4.31 Å². The number of piperidine rings is 1. The van der Waals surface area contributed by atoms with Crippen LogP contribution in [0.4, 0.5) is 5.69 Å². The highest BCUT2D eigenvalue weighted by atomic mass is 32.2. The molecule has 1 fully saturated rings. The summed E-state index contributed by atoms with van der Waals surface area (Å²) in [5.74, 6) is 0. The fourth-order valence-electron chi connectivity index (χ4n) is 2.99. The summed E-state index contributed by atoms with van der Waals surface area (Å²) in [6.45, 7) is 5.15. The minimum Gasteiger partial charge on any atom is -0.373 e. The van der Waals surface area contributed by atoms with E-state index in [4.69, 9.17) is 0 Å². The van der Waals surface area contributed by atoms with Crippen LogP contribution in [-0.2, 0) is 10.2 Å². The fraction of sp³-hybridized carbons (Fsp3) is 0.625. The molecule has 1 N–H and O–H groups in total. The first-order valence-corrected chi connectivity index (χ1v) is 9.39. The Morgan fingerprint density at radius 3 is 2.64 bits per heavy atom. The molecule has 0 aliphatic carbocycles. The smallest absolute Gasteiger partial charge is 0.279 e. The molecule has 0 radical (unpaired) electrons. The van der Waals surface area contributed by atoms with E-state index in [-0.39, 0.29) is 12.1 Å². The number of rotatable bonds is 6. The molecule has 1 aromatic rings. The Morgan fingerprint density at radius 2 is 2.00 bits per heavy atom. The topological polar surface area (TPSA) is 52.7 Å². The van der Waals surface area contributed by atoms with Crippen molar-refractivity contribution in [3.05, 3.63) is 30.3 Å². The molecule has 5 nitrogen and oxygen atoms in total. The maximum Gasteiger partial charge on any atom is 0.279 e. The lowest BCUT2D eigenvalue weighted by Gasteiger charge is -2.34. The molecule has 0 aromatic heterocycles. The van der Waals surface area contributed by atoms with Crippen molar-refractivity contribution in [2.45, 2.75) is 45.2 Å². The van der Waals surface area contributed by atoms with E-state index >= 15 is 0 Å². The van der Waals surface area contributed by atoms with E-state index in [2.05, 4.69) is 9.62 Å². The molecular formula is C16H27N3O2S. The molecule has 1 saturated heterocycles. The van der Waals surface area contributed by atoms with Gasteiger partial charge in [-0.1, -0.05) is 24.6 Å². The SMILES string of the molecule is C[C@@H]1CCCCN1S(=O)(=O)N[C@@H](C)CN(C)c1ccccc1. The predicted molar refractivity (Wildman–Crippen MR) is 91.2 cm³/mol.